The number of halogens is 1. The summed E-state index contributed by atoms with van der Waals surface area (Å²) in [6.07, 6.45) is 1.61. The van der Waals surface area contributed by atoms with Crippen molar-refractivity contribution in [1.82, 2.24) is 0 Å². The highest BCUT2D eigenvalue weighted by atomic mass is 19.1. The Hall–Kier alpha value is -3.22. The van der Waals surface area contributed by atoms with E-state index in [0.29, 0.717) is 36.7 Å². The average Bonchev–Trinajstić information content (AvgIpc) is 2.86. The Morgan fingerprint density at radius 1 is 1.00 bits per heavy atom. The van der Waals surface area contributed by atoms with Crippen LogP contribution in [0, 0.1) is 12.7 Å². The molecule has 0 bridgehead atoms. The molecule has 1 saturated heterocycles. The van der Waals surface area contributed by atoms with Crippen LogP contribution in [0.5, 0.6) is 11.5 Å². The summed E-state index contributed by atoms with van der Waals surface area (Å²) in [4.78, 5) is 11.1. The van der Waals surface area contributed by atoms with Crippen molar-refractivity contribution in [2.45, 2.75) is 52.4 Å². The van der Waals surface area contributed by atoms with Gasteiger partial charge in [-0.1, -0.05) is 36.4 Å². The summed E-state index contributed by atoms with van der Waals surface area (Å²) in [5, 5.41) is 0. The lowest BCUT2D eigenvalue weighted by atomic mass is 9.98. The van der Waals surface area contributed by atoms with Gasteiger partial charge in [0.1, 0.15) is 17.3 Å². The Bertz CT molecular complexity index is 1130. The second kappa shape index (κ2) is 11.5. The van der Waals surface area contributed by atoms with Crippen LogP contribution in [0.15, 0.2) is 60.7 Å². The van der Waals surface area contributed by atoms with Crippen molar-refractivity contribution >= 4 is 5.97 Å². The first-order chi connectivity index (χ1) is 16.9. The number of hydrogen-bond acceptors (Lipinski definition) is 5. The fraction of sp³-hybridized carbons (Fsp3) is 0.345. The Morgan fingerprint density at radius 2 is 1.71 bits per heavy atom. The third-order valence-electron chi connectivity index (χ3n) is 6.20. The Balaban J connectivity index is 1.31. The minimum absolute atomic E-state index is 0.0196. The zero-order valence-electron chi connectivity index (χ0n) is 20.4. The van der Waals surface area contributed by atoms with E-state index in [1.54, 1.807) is 19.1 Å². The molecule has 1 heterocycles. The number of carbonyl (C=O) groups is 1. The lowest BCUT2D eigenvalue weighted by Gasteiger charge is -2.29. The molecule has 0 radical (unpaired) electrons. The zero-order valence-corrected chi connectivity index (χ0v) is 20.4. The molecule has 35 heavy (non-hydrogen) atoms. The van der Waals surface area contributed by atoms with Gasteiger partial charge in [-0.2, -0.15) is 0 Å². The first-order valence-corrected chi connectivity index (χ1v) is 12.0. The van der Waals surface area contributed by atoms with Crippen LogP contribution in [0.2, 0.25) is 0 Å². The van der Waals surface area contributed by atoms with E-state index in [2.05, 4.69) is 0 Å². The number of hydrogen-bond donors (Lipinski definition) is 0. The van der Waals surface area contributed by atoms with Crippen LogP contribution in [-0.2, 0) is 20.9 Å². The molecule has 1 aliphatic rings. The van der Waals surface area contributed by atoms with Gasteiger partial charge in [0.05, 0.1) is 32.0 Å². The third kappa shape index (κ3) is 6.27. The predicted octanol–water partition coefficient (Wildman–Crippen LogP) is 6.56. The maximum absolute atomic E-state index is 15.2. The largest absolute Gasteiger partial charge is 0.494 e. The van der Waals surface area contributed by atoms with Crippen LogP contribution in [-0.4, -0.2) is 25.3 Å². The van der Waals surface area contributed by atoms with Gasteiger partial charge >= 0.3 is 5.97 Å². The molecule has 5 nitrogen and oxygen atoms in total. The second-order valence-electron chi connectivity index (χ2n) is 8.66. The summed E-state index contributed by atoms with van der Waals surface area (Å²) in [7, 11) is 0. The van der Waals surface area contributed by atoms with Crippen molar-refractivity contribution in [2.75, 3.05) is 13.2 Å². The highest BCUT2D eigenvalue weighted by Crippen LogP contribution is 2.32. The van der Waals surface area contributed by atoms with Crippen LogP contribution in [0.4, 0.5) is 4.39 Å². The molecule has 3 aromatic rings. The first-order valence-electron chi connectivity index (χ1n) is 12.0. The topological polar surface area (TPSA) is 54.0 Å². The molecule has 0 spiro atoms. The van der Waals surface area contributed by atoms with E-state index in [4.69, 9.17) is 18.9 Å². The summed E-state index contributed by atoms with van der Waals surface area (Å²) in [6.45, 7) is 6.51. The van der Waals surface area contributed by atoms with E-state index in [0.717, 1.165) is 35.3 Å². The molecule has 0 N–H and O–H groups in total. The van der Waals surface area contributed by atoms with E-state index in [-0.39, 0.29) is 24.0 Å². The van der Waals surface area contributed by atoms with Crippen molar-refractivity contribution in [3.8, 4) is 22.6 Å². The maximum atomic E-state index is 15.2. The van der Waals surface area contributed by atoms with E-state index < -0.39 is 0 Å². The number of rotatable bonds is 8. The van der Waals surface area contributed by atoms with Gasteiger partial charge in [-0.3, -0.25) is 4.79 Å². The summed E-state index contributed by atoms with van der Waals surface area (Å²) in [5.41, 5.74) is 3.85. The summed E-state index contributed by atoms with van der Waals surface area (Å²) < 4.78 is 37.8. The molecule has 2 atom stereocenters. The Morgan fingerprint density at radius 3 is 2.34 bits per heavy atom. The highest BCUT2D eigenvalue weighted by Gasteiger charge is 2.24. The molecule has 3 aromatic carbocycles. The summed E-state index contributed by atoms with van der Waals surface area (Å²) >= 11 is 0. The number of ether oxygens (including phenoxy) is 4. The van der Waals surface area contributed by atoms with Gasteiger partial charge < -0.3 is 18.9 Å². The fourth-order valence-corrected chi connectivity index (χ4v) is 4.25. The quantitative estimate of drug-likeness (QED) is 0.271. The molecule has 6 heteroatoms. The molecular formula is C29H31FO5. The average molecular weight is 479 g/mol. The van der Waals surface area contributed by atoms with Crippen LogP contribution < -0.4 is 9.47 Å². The molecule has 0 saturated carbocycles. The minimum Gasteiger partial charge on any atom is -0.494 e. The van der Waals surface area contributed by atoms with Crippen molar-refractivity contribution in [1.29, 1.82) is 0 Å². The third-order valence-corrected chi connectivity index (χ3v) is 6.20. The van der Waals surface area contributed by atoms with E-state index in [1.807, 2.05) is 55.5 Å². The van der Waals surface area contributed by atoms with Crippen molar-refractivity contribution in [2.24, 2.45) is 0 Å². The van der Waals surface area contributed by atoms with Crippen LogP contribution >= 0.6 is 0 Å². The van der Waals surface area contributed by atoms with Crippen molar-refractivity contribution < 1.29 is 28.1 Å². The Labute approximate surface area is 205 Å². The van der Waals surface area contributed by atoms with Crippen LogP contribution in [0.3, 0.4) is 0 Å². The molecule has 1 aliphatic heterocycles. The van der Waals surface area contributed by atoms with E-state index in [9.17, 15) is 4.79 Å². The summed E-state index contributed by atoms with van der Waals surface area (Å²) in [6, 6.07) is 18.6. The van der Waals surface area contributed by atoms with Gasteiger partial charge in [0.15, 0.2) is 0 Å². The number of benzene rings is 3. The summed E-state index contributed by atoms with van der Waals surface area (Å²) in [5.74, 6) is 0.726. The molecule has 2 unspecified atom stereocenters. The molecule has 4 rings (SSSR count). The molecule has 0 aromatic heterocycles. The zero-order chi connectivity index (χ0) is 24.8. The smallest absolute Gasteiger partial charge is 0.308 e. The van der Waals surface area contributed by atoms with Gasteiger partial charge in [-0.05, 0) is 73.2 Å². The van der Waals surface area contributed by atoms with Gasteiger partial charge in [-0.25, -0.2) is 4.39 Å². The molecular weight excluding hydrogens is 447 g/mol. The SMILES string of the molecule is CCOc1ccc(-c2ccc(COC3CCC(c4ccc(OC(C)=O)cc4)OC3)c(C)c2F)cc1. The van der Waals surface area contributed by atoms with E-state index >= 15 is 4.39 Å². The second-order valence-corrected chi connectivity index (χ2v) is 8.66. The number of carbonyl (C=O) groups excluding carboxylic acids is 1. The standard InChI is InChI=1S/C29H31FO5/c1-4-32-24-10-5-21(6-11-24)27-15-9-23(19(2)29(27)30)17-33-26-14-16-28(34-18-26)22-7-12-25(13-8-22)35-20(3)31/h5-13,15,26,28H,4,14,16-18H2,1-3H3. The lowest BCUT2D eigenvalue weighted by Crippen LogP contribution is -2.27. The van der Waals surface area contributed by atoms with Crippen LogP contribution in [0.1, 0.15) is 49.5 Å². The molecule has 184 valence electrons. The lowest BCUT2D eigenvalue weighted by molar-refractivity contribution is -0.131. The Kier molecular flexibility index (Phi) is 8.16. The van der Waals surface area contributed by atoms with Gasteiger partial charge in [0.2, 0.25) is 0 Å². The molecule has 1 fully saturated rings. The van der Waals surface area contributed by atoms with Crippen molar-refractivity contribution in [3.05, 3.63) is 83.2 Å². The van der Waals surface area contributed by atoms with Crippen LogP contribution in [0.25, 0.3) is 11.1 Å². The maximum Gasteiger partial charge on any atom is 0.308 e. The monoisotopic (exact) mass is 478 g/mol. The van der Waals surface area contributed by atoms with Gasteiger partial charge in [0, 0.05) is 12.5 Å². The normalized spacial score (nSPS) is 17.7. The van der Waals surface area contributed by atoms with E-state index in [1.165, 1.54) is 6.92 Å². The molecule has 0 amide bonds. The van der Waals surface area contributed by atoms with Gasteiger partial charge in [0.25, 0.3) is 0 Å². The van der Waals surface area contributed by atoms with Gasteiger partial charge in [-0.15, -0.1) is 0 Å². The van der Waals surface area contributed by atoms with Crippen molar-refractivity contribution in [3.63, 3.8) is 0 Å². The fourth-order valence-electron chi connectivity index (χ4n) is 4.25. The predicted molar refractivity (Wildman–Crippen MR) is 132 cm³/mol. The first kappa shape index (κ1) is 24.9. The number of esters is 1. The minimum atomic E-state index is -0.340. The highest BCUT2D eigenvalue weighted by molar-refractivity contribution is 5.69. The molecule has 0 aliphatic carbocycles.